The van der Waals surface area contributed by atoms with E-state index in [4.69, 9.17) is 14.2 Å². The first-order valence-corrected chi connectivity index (χ1v) is 9.72. The molecule has 4 rings (SSSR count). The number of nitrogens with zero attached hydrogens (tertiary/aromatic N) is 1. The zero-order valence-electron chi connectivity index (χ0n) is 15.4. The molecular weight excluding hydrogens is 332 g/mol. The fourth-order valence-electron chi connectivity index (χ4n) is 3.97. The van der Waals surface area contributed by atoms with Gasteiger partial charge in [-0.15, -0.1) is 0 Å². The highest BCUT2D eigenvalue weighted by Gasteiger charge is 2.42. The van der Waals surface area contributed by atoms with E-state index in [-0.39, 0.29) is 18.6 Å². The summed E-state index contributed by atoms with van der Waals surface area (Å²) in [5, 5.41) is 3.11. The number of rotatable bonds is 7. The Labute approximate surface area is 154 Å². The van der Waals surface area contributed by atoms with Crippen molar-refractivity contribution < 1.29 is 19.0 Å². The lowest BCUT2D eigenvalue weighted by Gasteiger charge is -2.35. The van der Waals surface area contributed by atoms with Crippen LogP contribution in [0.3, 0.4) is 0 Å². The van der Waals surface area contributed by atoms with Crippen LogP contribution in [0.25, 0.3) is 0 Å². The van der Waals surface area contributed by atoms with Crippen molar-refractivity contribution in [2.24, 2.45) is 5.92 Å². The smallest absolute Gasteiger partial charge is 0.258 e. The Morgan fingerprint density at radius 3 is 2.62 bits per heavy atom. The average Bonchev–Trinajstić information content (AvgIpc) is 3.41. The highest BCUT2D eigenvalue weighted by atomic mass is 16.5. The zero-order valence-corrected chi connectivity index (χ0v) is 15.4. The molecule has 0 bridgehead atoms. The summed E-state index contributed by atoms with van der Waals surface area (Å²) < 4.78 is 17.0. The van der Waals surface area contributed by atoms with Crippen molar-refractivity contribution >= 4 is 5.91 Å². The largest absolute Gasteiger partial charge is 0.494 e. The third-order valence-electron chi connectivity index (χ3n) is 5.46. The van der Waals surface area contributed by atoms with Gasteiger partial charge in [0.15, 0.2) is 6.61 Å². The van der Waals surface area contributed by atoms with Crippen molar-refractivity contribution in [2.45, 2.75) is 44.4 Å². The Hall–Kier alpha value is -1.79. The lowest BCUT2D eigenvalue weighted by molar-refractivity contribution is -0.123. The number of ether oxygens (including phenoxy) is 3. The number of nitrogens with one attached hydrogen (secondary N) is 1. The van der Waals surface area contributed by atoms with Crippen molar-refractivity contribution in [1.82, 2.24) is 10.2 Å². The van der Waals surface area contributed by atoms with Crippen LogP contribution in [0.1, 0.15) is 26.2 Å². The number of benzene rings is 1. The highest BCUT2D eigenvalue weighted by molar-refractivity contribution is 5.77. The van der Waals surface area contributed by atoms with Gasteiger partial charge in [-0.05, 0) is 56.4 Å². The maximum absolute atomic E-state index is 12.2. The Morgan fingerprint density at radius 1 is 1.19 bits per heavy atom. The van der Waals surface area contributed by atoms with Crippen molar-refractivity contribution in [3.05, 3.63) is 24.3 Å². The Bertz CT molecular complexity index is 617. The first kappa shape index (κ1) is 17.6. The summed E-state index contributed by atoms with van der Waals surface area (Å²) in [5.74, 6) is 2.18. The predicted molar refractivity (Wildman–Crippen MR) is 97.5 cm³/mol. The van der Waals surface area contributed by atoms with Gasteiger partial charge < -0.3 is 19.5 Å². The molecule has 2 heterocycles. The van der Waals surface area contributed by atoms with Crippen LogP contribution in [0.4, 0.5) is 0 Å². The molecule has 2 aliphatic heterocycles. The standard InChI is InChI=1S/C20H28N2O4/c1-2-24-17-5-7-18(8-6-17)25-13-20(23)21-15-9-16-12-26-19(14-3-4-14)11-22(16)10-15/h5-8,14-16,19H,2-4,9-13H2,1H3,(H,21,23)/t15-,16-,19-/m0/s1. The molecule has 26 heavy (non-hydrogen) atoms. The van der Waals surface area contributed by atoms with Crippen LogP contribution >= 0.6 is 0 Å². The highest BCUT2D eigenvalue weighted by Crippen LogP contribution is 2.37. The van der Waals surface area contributed by atoms with E-state index < -0.39 is 0 Å². The monoisotopic (exact) mass is 360 g/mol. The van der Waals surface area contributed by atoms with Crippen LogP contribution in [0.15, 0.2) is 24.3 Å². The number of carbonyl (C=O) groups is 1. The molecule has 3 aliphatic rings. The molecule has 3 fully saturated rings. The minimum absolute atomic E-state index is 0.0380. The molecule has 1 aromatic rings. The molecule has 142 valence electrons. The van der Waals surface area contributed by atoms with E-state index in [1.807, 2.05) is 31.2 Å². The zero-order chi connectivity index (χ0) is 17.9. The fourth-order valence-corrected chi connectivity index (χ4v) is 3.97. The van der Waals surface area contributed by atoms with Crippen molar-refractivity contribution in [1.29, 1.82) is 0 Å². The lowest BCUT2D eigenvalue weighted by atomic mass is 10.1. The molecule has 1 aromatic carbocycles. The van der Waals surface area contributed by atoms with E-state index in [1.54, 1.807) is 0 Å². The second-order valence-corrected chi connectivity index (χ2v) is 7.51. The van der Waals surface area contributed by atoms with E-state index in [2.05, 4.69) is 10.2 Å². The topological polar surface area (TPSA) is 60.0 Å². The first-order valence-electron chi connectivity index (χ1n) is 9.72. The third kappa shape index (κ3) is 4.30. The van der Waals surface area contributed by atoms with Gasteiger partial charge in [0.1, 0.15) is 11.5 Å². The lowest BCUT2D eigenvalue weighted by Crippen LogP contribution is -2.47. The van der Waals surface area contributed by atoms with Crippen molar-refractivity contribution in [3.63, 3.8) is 0 Å². The van der Waals surface area contributed by atoms with Gasteiger partial charge in [-0.3, -0.25) is 9.69 Å². The van der Waals surface area contributed by atoms with Gasteiger partial charge in [-0.1, -0.05) is 0 Å². The molecular formula is C20H28N2O4. The van der Waals surface area contributed by atoms with Crippen LogP contribution in [0.5, 0.6) is 11.5 Å². The van der Waals surface area contributed by atoms with Gasteiger partial charge in [0.2, 0.25) is 0 Å². The van der Waals surface area contributed by atoms with E-state index >= 15 is 0 Å². The van der Waals surface area contributed by atoms with E-state index in [9.17, 15) is 4.79 Å². The third-order valence-corrected chi connectivity index (χ3v) is 5.46. The number of amides is 1. The maximum Gasteiger partial charge on any atom is 0.258 e. The number of hydrogen-bond acceptors (Lipinski definition) is 5. The van der Waals surface area contributed by atoms with E-state index in [0.29, 0.717) is 24.5 Å². The Balaban J connectivity index is 1.20. The van der Waals surface area contributed by atoms with E-state index in [0.717, 1.165) is 37.8 Å². The minimum Gasteiger partial charge on any atom is -0.494 e. The molecule has 0 aromatic heterocycles. The number of carbonyl (C=O) groups excluding carboxylic acids is 1. The van der Waals surface area contributed by atoms with Gasteiger partial charge in [0.25, 0.3) is 5.91 Å². The summed E-state index contributed by atoms with van der Waals surface area (Å²) in [7, 11) is 0. The molecule has 0 unspecified atom stereocenters. The average molecular weight is 360 g/mol. The van der Waals surface area contributed by atoms with Crippen LogP contribution in [0, 0.1) is 5.92 Å². The predicted octanol–water partition coefficient (Wildman–Crippen LogP) is 1.83. The SMILES string of the molecule is CCOc1ccc(OCC(=O)N[C@H]2C[C@H]3CO[C@H](C4CC4)CN3C2)cc1. The van der Waals surface area contributed by atoms with Crippen molar-refractivity contribution in [3.8, 4) is 11.5 Å². The summed E-state index contributed by atoms with van der Waals surface area (Å²) in [6, 6.07) is 7.98. The molecule has 3 atom stereocenters. The quantitative estimate of drug-likeness (QED) is 0.804. The molecule has 2 saturated heterocycles. The summed E-state index contributed by atoms with van der Waals surface area (Å²) in [4.78, 5) is 14.7. The van der Waals surface area contributed by atoms with Crippen LogP contribution in [-0.2, 0) is 9.53 Å². The van der Waals surface area contributed by atoms with Crippen LogP contribution in [-0.4, -0.2) is 61.9 Å². The summed E-state index contributed by atoms with van der Waals surface area (Å²) in [6.07, 6.45) is 3.99. The molecule has 1 amide bonds. The molecule has 0 radical (unpaired) electrons. The van der Waals surface area contributed by atoms with Gasteiger partial charge in [-0.2, -0.15) is 0 Å². The van der Waals surface area contributed by atoms with Gasteiger partial charge in [0, 0.05) is 25.2 Å². The molecule has 1 aliphatic carbocycles. The van der Waals surface area contributed by atoms with Crippen LogP contribution < -0.4 is 14.8 Å². The summed E-state index contributed by atoms with van der Waals surface area (Å²) >= 11 is 0. The second-order valence-electron chi connectivity index (χ2n) is 7.51. The van der Waals surface area contributed by atoms with Gasteiger partial charge >= 0.3 is 0 Å². The second kappa shape index (κ2) is 7.84. The van der Waals surface area contributed by atoms with Gasteiger partial charge in [0.05, 0.1) is 19.3 Å². The molecule has 6 nitrogen and oxygen atoms in total. The summed E-state index contributed by atoms with van der Waals surface area (Å²) in [6.45, 7) is 5.36. The molecule has 1 N–H and O–H groups in total. The molecule has 6 heteroatoms. The minimum atomic E-state index is -0.0663. The summed E-state index contributed by atoms with van der Waals surface area (Å²) in [5.41, 5.74) is 0. The Morgan fingerprint density at radius 2 is 1.92 bits per heavy atom. The van der Waals surface area contributed by atoms with Crippen molar-refractivity contribution in [2.75, 3.05) is 32.9 Å². The number of hydrogen-bond donors (Lipinski definition) is 1. The molecule has 0 spiro atoms. The normalized spacial score (nSPS) is 28.4. The van der Waals surface area contributed by atoms with E-state index in [1.165, 1.54) is 12.8 Å². The Kier molecular flexibility index (Phi) is 5.31. The fraction of sp³-hybridized carbons (Fsp3) is 0.650. The molecule has 1 saturated carbocycles. The number of fused-ring (bicyclic) bond motifs is 1. The number of morpholine rings is 1. The van der Waals surface area contributed by atoms with Crippen LogP contribution in [0.2, 0.25) is 0 Å². The maximum atomic E-state index is 12.2. The first-order chi connectivity index (χ1) is 12.7. The van der Waals surface area contributed by atoms with Gasteiger partial charge in [-0.25, -0.2) is 0 Å².